The zero-order chi connectivity index (χ0) is 19.7. The Balaban J connectivity index is 0.000000162. The summed E-state index contributed by atoms with van der Waals surface area (Å²) in [4.78, 5) is 25.2. The first-order chi connectivity index (χ1) is 13.6. The van der Waals surface area contributed by atoms with Crippen LogP contribution in [-0.2, 0) is 0 Å². The molecule has 28 heavy (non-hydrogen) atoms. The average Bonchev–Trinajstić information content (AvgIpc) is 2.74. The first-order valence-electron chi connectivity index (χ1n) is 8.81. The lowest BCUT2D eigenvalue weighted by atomic mass is 9.83. The largest absolute Gasteiger partial charge is 0.398 e. The second kappa shape index (κ2) is 7.33. The molecule has 0 fully saturated rings. The molecule has 1 aliphatic carbocycles. The molecule has 4 aromatic rings. The summed E-state index contributed by atoms with van der Waals surface area (Å²) in [7, 11) is 0. The van der Waals surface area contributed by atoms with Crippen LogP contribution >= 0.6 is 12.6 Å². The minimum atomic E-state index is -0.214. The number of benzene rings is 4. The van der Waals surface area contributed by atoms with Gasteiger partial charge in [0.05, 0.1) is 5.56 Å². The molecule has 0 saturated heterocycles. The van der Waals surface area contributed by atoms with Crippen molar-refractivity contribution in [2.24, 2.45) is 0 Å². The van der Waals surface area contributed by atoms with E-state index < -0.39 is 0 Å². The molecule has 0 atom stereocenters. The van der Waals surface area contributed by atoms with Crippen LogP contribution in [0.1, 0.15) is 31.8 Å². The van der Waals surface area contributed by atoms with Crippen LogP contribution in [0.3, 0.4) is 0 Å². The number of hydrogen-bond donors (Lipinski definition) is 2. The standard InChI is InChI=1S/C14H9NO2S.C10H8/c15-9-5-6-10(18)12-11(9)13(16)7-3-1-2-4-8(7)14(12)17;1-2-6-10-8-4-3-7-9(10)5-1/h1-6,18H,15H2;1-8H. The Morgan fingerprint density at radius 1 is 0.571 bits per heavy atom. The molecule has 0 saturated carbocycles. The van der Waals surface area contributed by atoms with Gasteiger partial charge >= 0.3 is 0 Å². The fraction of sp³-hybridized carbons (Fsp3) is 0. The molecule has 5 rings (SSSR count). The average molecular weight is 383 g/mol. The van der Waals surface area contributed by atoms with Gasteiger partial charge in [-0.1, -0.05) is 72.8 Å². The highest BCUT2D eigenvalue weighted by molar-refractivity contribution is 7.80. The summed E-state index contributed by atoms with van der Waals surface area (Å²) in [6, 6.07) is 26.7. The highest BCUT2D eigenvalue weighted by Crippen LogP contribution is 2.34. The maximum Gasteiger partial charge on any atom is 0.196 e. The van der Waals surface area contributed by atoms with Crippen molar-refractivity contribution in [1.82, 2.24) is 0 Å². The Bertz CT molecular complexity index is 1100. The zero-order valence-corrected chi connectivity index (χ0v) is 15.8. The van der Waals surface area contributed by atoms with Crippen LogP contribution in [-0.4, -0.2) is 11.6 Å². The monoisotopic (exact) mass is 383 g/mol. The molecule has 4 aromatic carbocycles. The summed E-state index contributed by atoms with van der Waals surface area (Å²) in [5, 5.41) is 2.62. The zero-order valence-electron chi connectivity index (χ0n) is 14.9. The first kappa shape index (κ1) is 18.0. The van der Waals surface area contributed by atoms with E-state index in [2.05, 4.69) is 61.2 Å². The third-order valence-electron chi connectivity index (χ3n) is 4.74. The molecule has 0 unspecified atom stereocenters. The topological polar surface area (TPSA) is 60.2 Å². The molecule has 0 heterocycles. The van der Waals surface area contributed by atoms with Gasteiger partial charge in [0, 0.05) is 27.3 Å². The third-order valence-corrected chi connectivity index (χ3v) is 5.12. The molecule has 0 spiro atoms. The second-order valence-electron chi connectivity index (χ2n) is 6.47. The van der Waals surface area contributed by atoms with E-state index in [-0.39, 0.29) is 17.1 Å². The molecule has 136 valence electrons. The lowest BCUT2D eigenvalue weighted by Gasteiger charge is -2.19. The summed E-state index contributed by atoms with van der Waals surface area (Å²) >= 11 is 4.25. The number of rotatable bonds is 0. The lowest BCUT2D eigenvalue weighted by molar-refractivity contribution is 0.0977. The van der Waals surface area contributed by atoms with Crippen LogP contribution in [0.2, 0.25) is 0 Å². The molecule has 0 aliphatic heterocycles. The fourth-order valence-electron chi connectivity index (χ4n) is 3.36. The Labute approximate surface area is 168 Å². The van der Waals surface area contributed by atoms with Crippen LogP contribution in [0, 0.1) is 0 Å². The van der Waals surface area contributed by atoms with Crippen LogP contribution in [0.25, 0.3) is 10.8 Å². The number of fused-ring (bicyclic) bond motifs is 3. The van der Waals surface area contributed by atoms with Gasteiger partial charge in [0.1, 0.15) is 0 Å². The highest BCUT2D eigenvalue weighted by Gasteiger charge is 2.32. The molecule has 1 aliphatic rings. The summed E-state index contributed by atoms with van der Waals surface area (Å²) in [5.41, 5.74) is 7.52. The Morgan fingerprint density at radius 2 is 1.00 bits per heavy atom. The predicted octanol–water partition coefficient (Wildman–Crippen LogP) is 5.17. The van der Waals surface area contributed by atoms with Crippen molar-refractivity contribution >= 4 is 40.7 Å². The summed E-state index contributed by atoms with van der Waals surface area (Å²) in [5.74, 6) is -0.411. The predicted molar refractivity (Wildman–Crippen MR) is 115 cm³/mol. The molecule has 2 N–H and O–H groups in total. The van der Waals surface area contributed by atoms with E-state index in [0.29, 0.717) is 27.3 Å². The second-order valence-corrected chi connectivity index (χ2v) is 6.96. The van der Waals surface area contributed by atoms with E-state index in [0.717, 1.165) is 0 Å². The molecule has 3 nitrogen and oxygen atoms in total. The van der Waals surface area contributed by atoms with E-state index >= 15 is 0 Å². The number of hydrogen-bond acceptors (Lipinski definition) is 4. The molecule has 4 heteroatoms. The molecule has 0 amide bonds. The number of nitrogen functional groups attached to an aromatic ring is 1. The van der Waals surface area contributed by atoms with Gasteiger partial charge in [-0.05, 0) is 22.9 Å². The van der Waals surface area contributed by atoms with Crippen molar-refractivity contribution in [2.75, 3.05) is 5.73 Å². The Hall–Kier alpha value is -3.37. The maximum absolute atomic E-state index is 12.4. The Kier molecular flexibility index (Phi) is 4.72. The van der Waals surface area contributed by atoms with Gasteiger partial charge in [-0.25, -0.2) is 0 Å². The number of carbonyl (C=O) groups excluding carboxylic acids is 2. The van der Waals surface area contributed by atoms with Gasteiger partial charge in [0.2, 0.25) is 0 Å². The van der Waals surface area contributed by atoms with E-state index in [9.17, 15) is 9.59 Å². The number of nitrogens with two attached hydrogens (primary N) is 1. The van der Waals surface area contributed by atoms with Crippen molar-refractivity contribution in [3.8, 4) is 0 Å². The maximum atomic E-state index is 12.4. The van der Waals surface area contributed by atoms with Gasteiger partial charge in [-0.2, -0.15) is 0 Å². The third kappa shape index (κ3) is 3.08. The van der Waals surface area contributed by atoms with Crippen molar-refractivity contribution < 1.29 is 9.59 Å². The van der Waals surface area contributed by atoms with Gasteiger partial charge < -0.3 is 5.73 Å². The summed E-state index contributed by atoms with van der Waals surface area (Å²) < 4.78 is 0. The van der Waals surface area contributed by atoms with Crippen molar-refractivity contribution in [3.63, 3.8) is 0 Å². The minimum absolute atomic E-state index is 0.197. The van der Waals surface area contributed by atoms with Crippen molar-refractivity contribution in [2.45, 2.75) is 4.90 Å². The molecule has 0 radical (unpaired) electrons. The van der Waals surface area contributed by atoms with Crippen LogP contribution in [0.4, 0.5) is 5.69 Å². The first-order valence-corrected chi connectivity index (χ1v) is 9.26. The minimum Gasteiger partial charge on any atom is -0.398 e. The van der Waals surface area contributed by atoms with Gasteiger partial charge in [-0.15, -0.1) is 12.6 Å². The number of ketones is 2. The van der Waals surface area contributed by atoms with Crippen molar-refractivity contribution in [3.05, 3.63) is 107 Å². The molecular formula is C24H17NO2S. The van der Waals surface area contributed by atoms with Crippen LogP contribution in [0.15, 0.2) is 89.8 Å². The highest BCUT2D eigenvalue weighted by atomic mass is 32.1. The molecule has 0 bridgehead atoms. The van der Waals surface area contributed by atoms with E-state index in [1.54, 1.807) is 36.4 Å². The fourth-order valence-corrected chi connectivity index (χ4v) is 3.65. The van der Waals surface area contributed by atoms with Gasteiger partial charge in [0.15, 0.2) is 11.6 Å². The summed E-state index contributed by atoms with van der Waals surface area (Å²) in [6.45, 7) is 0. The van der Waals surface area contributed by atoms with Gasteiger partial charge in [0.25, 0.3) is 0 Å². The normalized spacial score (nSPS) is 12.0. The molecule has 0 aromatic heterocycles. The Morgan fingerprint density at radius 3 is 1.50 bits per heavy atom. The number of carbonyl (C=O) groups is 2. The summed E-state index contributed by atoms with van der Waals surface area (Å²) in [6.07, 6.45) is 0. The van der Waals surface area contributed by atoms with Crippen LogP contribution < -0.4 is 5.73 Å². The lowest BCUT2D eigenvalue weighted by Crippen LogP contribution is -2.22. The van der Waals surface area contributed by atoms with Gasteiger partial charge in [-0.3, -0.25) is 9.59 Å². The molecular weight excluding hydrogens is 366 g/mol. The quantitative estimate of drug-likeness (QED) is 0.286. The SMILES string of the molecule is Nc1ccc(S)c2c1C(=O)c1ccccc1C2=O.c1ccc2ccccc2c1. The number of thiol groups is 1. The number of anilines is 1. The van der Waals surface area contributed by atoms with Crippen LogP contribution in [0.5, 0.6) is 0 Å². The van der Waals surface area contributed by atoms with E-state index in [4.69, 9.17) is 5.73 Å². The van der Waals surface area contributed by atoms with E-state index in [1.807, 2.05) is 0 Å². The van der Waals surface area contributed by atoms with E-state index in [1.165, 1.54) is 10.8 Å². The smallest absolute Gasteiger partial charge is 0.196 e. The van der Waals surface area contributed by atoms with Crippen molar-refractivity contribution in [1.29, 1.82) is 0 Å².